The number of carbonyl (C=O) groups excluding carboxylic acids is 2. The van der Waals surface area contributed by atoms with E-state index in [-0.39, 0.29) is 11.9 Å². The molecule has 0 unspecified atom stereocenters. The molecular weight excluding hydrogens is 258 g/mol. The van der Waals surface area contributed by atoms with Crippen LogP contribution in [-0.2, 0) is 14.3 Å². The molecule has 5 heteroatoms. The molecule has 20 heavy (non-hydrogen) atoms. The molecule has 0 aromatic rings. The van der Waals surface area contributed by atoms with E-state index in [9.17, 15) is 9.59 Å². The van der Waals surface area contributed by atoms with Gasteiger partial charge in [0.1, 0.15) is 11.6 Å². The van der Waals surface area contributed by atoms with Crippen LogP contribution in [-0.4, -0.2) is 42.3 Å². The molecule has 0 aromatic heterocycles. The zero-order valence-electron chi connectivity index (χ0n) is 12.8. The van der Waals surface area contributed by atoms with Crippen molar-refractivity contribution in [3.8, 4) is 0 Å². The minimum absolute atomic E-state index is 0.226. The van der Waals surface area contributed by atoms with Crippen molar-refractivity contribution in [1.29, 1.82) is 0 Å². The molecule has 1 saturated carbocycles. The van der Waals surface area contributed by atoms with E-state index in [0.29, 0.717) is 12.5 Å². The van der Waals surface area contributed by atoms with Crippen LogP contribution < -0.4 is 0 Å². The molecule has 2 rings (SSSR count). The molecule has 1 aliphatic heterocycles. The standard InChI is InChI=1S/C15H25NO4/c1-15(2,3)20-14(18)16-9-10-7-5-6-8-11(10)12(16)13(17)19-4/h10-12H,5-9H2,1-4H3/t10-,11-,12+/m0/s1. The number of carbonyl (C=O) groups is 2. The van der Waals surface area contributed by atoms with Gasteiger partial charge in [0.25, 0.3) is 0 Å². The van der Waals surface area contributed by atoms with Gasteiger partial charge in [0.05, 0.1) is 7.11 Å². The second kappa shape index (κ2) is 5.62. The Morgan fingerprint density at radius 2 is 1.80 bits per heavy atom. The van der Waals surface area contributed by atoms with Crippen LogP contribution in [0.2, 0.25) is 0 Å². The molecule has 0 radical (unpaired) electrons. The normalized spacial score (nSPS) is 29.8. The average molecular weight is 283 g/mol. The van der Waals surface area contributed by atoms with E-state index in [2.05, 4.69) is 0 Å². The molecule has 2 aliphatic rings. The highest BCUT2D eigenvalue weighted by Gasteiger charge is 2.49. The molecular formula is C15H25NO4. The lowest BCUT2D eigenvalue weighted by Gasteiger charge is -2.29. The molecule has 1 saturated heterocycles. The number of hydrogen-bond acceptors (Lipinski definition) is 4. The first-order valence-electron chi connectivity index (χ1n) is 7.41. The molecule has 0 N–H and O–H groups in total. The summed E-state index contributed by atoms with van der Waals surface area (Å²) in [4.78, 5) is 26.0. The third-order valence-electron chi connectivity index (χ3n) is 4.21. The van der Waals surface area contributed by atoms with Crippen molar-refractivity contribution in [2.24, 2.45) is 11.8 Å². The highest BCUT2D eigenvalue weighted by molar-refractivity contribution is 5.82. The van der Waals surface area contributed by atoms with Gasteiger partial charge < -0.3 is 9.47 Å². The number of ether oxygens (including phenoxy) is 2. The maximum absolute atomic E-state index is 12.3. The predicted octanol–water partition coefficient (Wildman–Crippen LogP) is 2.59. The summed E-state index contributed by atoms with van der Waals surface area (Å²) in [7, 11) is 1.38. The van der Waals surface area contributed by atoms with Gasteiger partial charge in [0.2, 0.25) is 0 Å². The Hall–Kier alpha value is -1.26. The van der Waals surface area contributed by atoms with Crippen molar-refractivity contribution in [1.82, 2.24) is 4.90 Å². The molecule has 1 amide bonds. The third-order valence-corrected chi connectivity index (χ3v) is 4.21. The summed E-state index contributed by atoms with van der Waals surface area (Å²) in [6, 6.07) is -0.472. The Balaban J connectivity index is 2.17. The highest BCUT2D eigenvalue weighted by atomic mass is 16.6. The average Bonchev–Trinajstić information content (AvgIpc) is 2.75. The number of amides is 1. The number of fused-ring (bicyclic) bond motifs is 1. The molecule has 1 aliphatic carbocycles. The van der Waals surface area contributed by atoms with Gasteiger partial charge in [-0.15, -0.1) is 0 Å². The van der Waals surface area contributed by atoms with Crippen molar-refractivity contribution in [2.45, 2.75) is 58.1 Å². The van der Waals surface area contributed by atoms with Crippen molar-refractivity contribution in [3.63, 3.8) is 0 Å². The van der Waals surface area contributed by atoms with Crippen LogP contribution >= 0.6 is 0 Å². The van der Waals surface area contributed by atoms with Crippen LogP contribution in [0.25, 0.3) is 0 Å². The molecule has 0 spiro atoms. The van der Waals surface area contributed by atoms with Crippen LogP contribution in [0.15, 0.2) is 0 Å². The molecule has 0 aromatic carbocycles. The third kappa shape index (κ3) is 3.07. The Morgan fingerprint density at radius 1 is 1.15 bits per heavy atom. The van der Waals surface area contributed by atoms with Crippen molar-refractivity contribution < 1.29 is 19.1 Å². The molecule has 3 atom stereocenters. The summed E-state index contributed by atoms with van der Waals surface area (Å²) in [5.41, 5.74) is -0.550. The Bertz CT molecular complexity index is 388. The minimum Gasteiger partial charge on any atom is -0.467 e. The fourth-order valence-electron chi connectivity index (χ4n) is 3.41. The van der Waals surface area contributed by atoms with Crippen molar-refractivity contribution in [2.75, 3.05) is 13.7 Å². The Kier molecular flexibility index (Phi) is 4.25. The first-order valence-corrected chi connectivity index (χ1v) is 7.41. The van der Waals surface area contributed by atoms with Crippen molar-refractivity contribution >= 4 is 12.1 Å². The number of methoxy groups -OCH3 is 1. The SMILES string of the molecule is COC(=O)[C@H]1[C@H]2CCCC[C@H]2CN1C(=O)OC(C)(C)C. The quantitative estimate of drug-likeness (QED) is 0.694. The molecule has 114 valence electrons. The summed E-state index contributed by atoms with van der Waals surface area (Å²) in [5, 5.41) is 0. The number of esters is 1. The van der Waals surface area contributed by atoms with Gasteiger partial charge in [0, 0.05) is 6.54 Å². The molecule has 2 fully saturated rings. The van der Waals surface area contributed by atoms with E-state index >= 15 is 0 Å². The highest BCUT2D eigenvalue weighted by Crippen LogP contribution is 2.41. The van der Waals surface area contributed by atoms with Gasteiger partial charge in [-0.3, -0.25) is 4.90 Å². The van der Waals surface area contributed by atoms with Gasteiger partial charge in [-0.05, 0) is 45.4 Å². The first-order chi connectivity index (χ1) is 9.33. The summed E-state index contributed by atoms with van der Waals surface area (Å²) in [6.07, 6.45) is 3.97. The molecule has 0 bridgehead atoms. The maximum atomic E-state index is 12.3. The number of rotatable bonds is 1. The summed E-state index contributed by atoms with van der Waals surface area (Å²) >= 11 is 0. The number of hydrogen-bond donors (Lipinski definition) is 0. The lowest BCUT2D eigenvalue weighted by atomic mass is 9.78. The van der Waals surface area contributed by atoms with Gasteiger partial charge in [-0.25, -0.2) is 9.59 Å². The monoisotopic (exact) mass is 283 g/mol. The number of likely N-dealkylation sites (tertiary alicyclic amines) is 1. The fourth-order valence-corrected chi connectivity index (χ4v) is 3.41. The van der Waals surface area contributed by atoms with E-state index in [1.807, 2.05) is 20.8 Å². The molecule has 1 heterocycles. The zero-order valence-corrected chi connectivity index (χ0v) is 12.8. The van der Waals surface area contributed by atoms with E-state index in [4.69, 9.17) is 9.47 Å². The van der Waals surface area contributed by atoms with Gasteiger partial charge >= 0.3 is 12.1 Å². The smallest absolute Gasteiger partial charge is 0.411 e. The lowest BCUT2D eigenvalue weighted by Crippen LogP contribution is -2.46. The summed E-state index contributed by atoms with van der Waals surface area (Å²) < 4.78 is 10.3. The van der Waals surface area contributed by atoms with Gasteiger partial charge in [0.15, 0.2) is 0 Å². The Morgan fingerprint density at radius 3 is 2.40 bits per heavy atom. The fraction of sp³-hybridized carbons (Fsp3) is 0.867. The zero-order chi connectivity index (χ0) is 14.9. The van der Waals surface area contributed by atoms with Crippen LogP contribution in [0.4, 0.5) is 4.79 Å². The second-order valence-corrected chi connectivity index (χ2v) is 6.81. The summed E-state index contributed by atoms with van der Waals surface area (Å²) in [6.45, 7) is 6.11. The van der Waals surface area contributed by atoms with E-state index in [0.717, 1.165) is 19.3 Å². The summed E-state index contributed by atoms with van der Waals surface area (Å²) in [5.74, 6) is 0.314. The topological polar surface area (TPSA) is 55.8 Å². The van der Waals surface area contributed by atoms with Crippen molar-refractivity contribution in [3.05, 3.63) is 0 Å². The van der Waals surface area contributed by atoms with Crippen LogP contribution in [0.5, 0.6) is 0 Å². The minimum atomic E-state index is -0.550. The van der Waals surface area contributed by atoms with Crippen LogP contribution in [0.1, 0.15) is 46.5 Å². The first kappa shape index (κ1) is 15.1. The van der Waals surface area contributed by atoms with E-state index in [1.54, 1.807) is 4.90 Å². The predicted molar refractivity (Wildman–Crippen MR) is 74.2 cm³/mol. The molecule has 5 nitrogen and oxygen atoms in total. The van der Waals surface area contributed by atoms with Gasteiger partial charge in [-0.2, -0.15) is 0 Å². The van der Waals surface area contributed by atoms with Crippen LogP contribution in [0, 0.1) is 11.8 Å². The van der Waals surface area contributed by atoms with Crippen LogP contribution in [0.3, 0.4) is 0 Å². The second-order valence-electron chi connectivity index (χ2n) is 6.81. The number of nitrogens with zero attached hydrogens (tertiary/aromatic N) is 1. The Labute approximate surface area is 120 Å². The maximum Gasteiger partial charge on any atom is 0.411 e. The van der Waals surface area contributed by atoms with Gasteiger partial charge in [-0.1, -0.05) is 12.8 Å². The largest absolute Gasteiger partial charge is 0.467 e. The van der Waals surface area contributed by atoms with E-state index < -0.39 is 17.7 Å². The van der Waals surface area contributed by atoms with E-state index in [1.165, 1.54) is 13.5 Å². The lowest BCUT2D eigenvalue weighted by molar-refractivity contribution is -0.147.